The van der Waals surface area contributed by atoms with Gasteiger partial charge in [0.15, 0.2) is 0 Å². The van der Waals surface area contributed by atoms with Crippen molar-refractivity contribution in [2.75, 3.05) is 0 Å². The zero-order chi connectivity index (χ0) is 17.3. The molecule has 122 valence electrons. The molecular formula is C20H19O3P. The highest BCUT2D eigenvalue weighted by Crippen LogP contribution is 2.42. The molecule has 0 aromatic heterocycles. The summed E-state index contributed by atoms with van der Waals surface area (Å²) in [6, 6.07) is 20.7. The molecule has 3 rings (SSSR count). The third kappa shape index (κ3) is 3.34. The van der Waals surface area contributed by atoms with Crippen LogP contribution in [0.3, 0.4) is 0 Å². The molecule has 0 aliphatic heterocycles. The minimum Gasteiger partial charge on any atom is -0.321 e. The third-order valence-corrected chi connectivity index (χ3v) is 5.06. The van der Waals surface area contributed by atoms with E-state index in [1.807, 2.05) is 80.6 Å². The van der Waals surface area contributed by atoms with E-state index in [4.69, 9.17) is 0 Å². The predicted molar refractivity (Wildman–Crippen MR) is 98.5 cm³/mol. The first kappa shape index (κ1) is 16.7. The minimum atomic E-state index is -4.46. The van der Waals surface area contributed by atoms with Crippen LogP contribution in [-0.4, -0.2) is 9.79 Å². The Bertz CT molecular complexity index is 910. The van der Waals surface area contributed by atoms with Gasteiger partial charge in [0, 0.05) is 0 Å². The zero-order valence-corrected chi connectivity index (χ0v) is 14.5. The summed E-state index contributed by atoms with van der Waals surface area (Å²) in [5.41, 5.74) is 4.84. The van der Waals surface area contributed by atoms with Crippen LogP contribution in [0.25, 0.3) is 22.3 Å². The van der Waals surface area contributed by atoms with Gasteiger partial charge >= 0.3 is 7.60 Å². The molecule has 0 bridgehead atoms. The zero-order valence-electron chi connectivity index (χ0n) is 13.6. The summed E-state index contributed by atoms with van der Waals surface area (Å²) in [5, 5.41) is 0.0863. The summed E-state index contributed by atoms with van der Waals surface area (Å²) in [4.78, 5) is 20.1. The van der Waals surface area contributed by atoms with Gasteiger partial charge in [-0.1, -0.05) is 72.3 Å². The van der Waals surface area contributed by atoms with Crippen LogP contribution < -0.4 is 5.30 Å². The van der Waals surface area contributed by atoms with Crippen molar-refractivity contribution < 1.29 is 14.4 Å². The smallest absolute Gasteiger partial charge is 0.321 e. The van der Waals surface area contributed by atoms with Gasteiger partial charge in [-0.15, -0.1) is 0 Å². The normalized spacial score (nSPS) is 11.5. The molecule has 0 aliphatic rings. The highest BCUT2D eigenvalue weighted by molar-refractivity contribution is 7.61. The van der Waals surface area contributed by atoms with Gasteiger partial charge in [-0.05, 0) is 41.7 Å². The van der Waals surface area contributed by atoms with E-state index >= 15 is 0 Å². The molecule has 24 heavy (non-hydrogen) atoms. The van der Waals surface area contributed by atoms with Crippen molar-refractivity contribution in [1.82, 2.24) is 0 Å². The molecule has 0 unspecified atom stereocenters. The van der Waals surface area contributed by atoms with Crippen LogP contribution in [0.15, 0.2) is 66.7 Å². The van der Waals surface area contributed by atoms with E-state index in [9.17, 15) is 14.4 Å². The number of aryl methyl sites for hydroxylation is 2. The van der Waals surface area contributed by atoms with Crippen molar-refractivity contribution in [2.45, 2.75) is 13.8 Å². The second-order valence-corrected chi connectivity index (χ2v) is 7.52. The van der Waals surface area contributed by atoms with Gasteiger partial charge in [-0.3, -0.25) is 4.57 Å². The van der Waals surface area contributed by atoms with E-state index < -0.39 is 7.60 Å². The monoisotopic (exact) mass is 338 g/mol. The minimum absolute atomic E-state index is 0.0863. The van der Waals surface area contributed by atoms with Crippen molar-refractivity contribution in [3.63, 3.8) is 0 Å². The van der Waals surface area contributed by atoms with Crippen LogP contribution in [0.4, 0.5) is 0 Å². The fourth-order valence-electron chi connectivity index (χ4n) is 2.88. The van der Waals surface area contributed by atoms with E-state index in [0.29, 0.717) is 11.1 Å². The van der Waals surface area contributed by atoms with Gasteiger partial charge in [-0.25, -0.2) is 0 Å². The molecule has 2 N–H and O–H groups in total. The van der Waals surface area contributed by atoms with Crippen LogP contribution >= 0.6 is 7.60 Å². The van der Waals surface area contributed by atoms with Gasteiger partial charge < -0.3 is 9.79 Å². The maximum absolute atomic E-state index is 12.3. The number of hydrogen-bond acceptors (Lipinski definition) is 1. The second-order valence-electron chi connectivity index (χ2n) is 5.98. The summed E-state index contributed by atoms with van der Waals surface area (Å²) in [5.74, 6) is 0. The molecule has 0 aliphatic carbocycles. The highest BCUT2D eigenvalue weighted by atomic mass is 31.2. The molecule has 0 saturated heterocycles. The van der Waals surface area contributed by atoms with Crippen LogP contribution in [0.1, 0.15) is 11.1 Å². The molecule has 0 saturated carbocycles. The quantitative estimate of drug-likeness (QED) is 0.694. The van der Waals surface area contributed by atoms with Crippen LogP contribution in [-0.2, 0) is 4.57 Å². The summed E-state index contributed by atoms with van der Waals surface area (Å²) in [7, 11) is -4.46. The first-order valence-electron chi connectivity index (χ1n) is 7.69. The molecule has 4 heteroatoms. The summed E-state index contributed by atoms with van der Waals surface area (Å²) in [6.45, 7) is 3.92. The Morgan fingerprint density at radius 1 is 0.708 bits per heavy atom. The van der Waals surface area contributed by atoms with Crippen LogP contribution in [0, 0.1) is 13.8 Å². The van der Waals surface area contributed by atoms with Crippen molar-refractivity contribution in [3.05, 3.63) is 77.9 Å². The SMILES string of the molecule is Cc1ccc(-c2cc(C)cc(-c3ccccc3)c2P(=O)(O)O)cc1. The van der Waals surface area contributed by atoms with Gasteiger partial charge in [0.25, 0.3) is 0 Å². The molecule has 0 radical (unpaired) electrons. The lowest BCUT2D eigenvalue weighted by molar-refractivity contribution is 0.387. The fraction of sp³-hybridized carbons (Fsp3) is 0.100. The molecule has 0 fully saturated rings. The Balaban J connectivity index is 2.35. The third-order valence-electron chi connectivity index (χ3n) is 3.99. The summed E-state index contributed by atoms with van der Waals surface area (Å²) >= 11 is 0. The summed E-state index contributed by atoms with van der Waals surface area (Å²) < 4.78 is 12.3. The Morgan fingerprint density at radius 2 is 1.21 bits per heavy atom. The lowest BCUT2D eigenvalue weighted by atomic mass is 9.96. The maximum Gasteiger partial charge on any atom is 0.357 e. The second kappa shape index (κ2) is 6.37. The van der Waals surface area contributed by atoms with Crippen LogP contribution in [0.2, 0.25) is 0 Å². The Morgan fingerprint density at radius 3 is 1.71 bits per heavy atom. The number of rotatable bonds is 3. The number of benzene rings is 3. The van der Waals surface area contributed by atoms with Crippen molar-refractivity contribution in [3.8, 4) is 22.3 Å². The Labute approximate surface area is 141 Å². The molecule has 3 nitrogen and oxygen atoms in total. The largest absolute Gasteiger partial charge is 0.357 e. The van der Waals surface area contributed by atoms with Gasteiger partial charge in [0.2, 0.25) is 0 Å². The maximum atomic E-state index is 12.3. The Kier molecular flexibility index (Phi) is 4.42. The topological polar surface area (TPSA) is 57.5 Å². The van der Waals surface area contributed by atoms with E-state index in [1.165, 1.54) is 0 Å². The standard InChI is InChI=1S/C20H19O3P/c1-14-8-10-17(11-9-14)19-13-15(2)12-18(20(19)24(21,22)23)16-6-4-3-5-7-16/h3-13H,1-2H3,(H2,21,22,23). The highest BCUT2D eigenvalue weighted by Gasteiger charge is 2.27. The number of hydrogen-bond donors (Lipinski definition) is 2. The molecular weight excluding hydrogens is 319 g/mol. The van der Waals surface area contributed by atoms with E-state index in [1.54, 1.807) is 0 Å². The van der Waals surface area contributed by atoms with E-state index in [0.717, 1.165) is 22.3 Å². The molecule has 0 heterocycles. The van der Waals surface area contributed by atoms with Crippen molar-refractivity contribution >= 4 is 12.9 Å². The average molecular weight is 338 g/mol. The first-order chi connectivity index (χ1) is 11.4. The van der Waals surface area contributed by atoms with Crippen molar-refractivity contribution in [1.29, 1.82) is 0 Å². The van der Waals surface area contributed by atoms with E-state index in [2.05, 4.69) is 0 Å². The fourth-order valence-corrected chi connectivity index (χ4v) is 3.90. The van der Waals surface area contributed by atoms with Crippen LogP contribution in [0.5, 0.6) is 0 Å². The van der Waals surface area contributed by atoms with Gasteiger partial charge in [0.05, 0.1) is 5.30 Å². The predicted octanol–water partition coefficient (Wildman–Crippen LogP) is 4.44. The average Bonchev–Trinajstić information content (AvgIpc) is 2.54. The first-order valence-corrected chi connectivity index (χ1v) is 9.31. The van der Waals surface area contributed by atoms with E-state index in [-0.39, 0.29) is 5.30 Å². The summed E-state index contributed by atoms with van der Waals surface area (Å²) in [6.07, 6.45) is 0. The lowest BCUT2D eigenvalue weighted by Gasteiger charge is -2.18. The molecule has 3 aromatic carbocycles. The van der Waals surface area contributed by atoms with Gasteiger partial charge in [-0.2, -0.15) is 0 Å². The molecule has 0 amide bonds. The Hall–Kier alpha value is -2.19. The van der Waals surface area contributed by atoms with Crippen molar-refractivity contribution in [2.24, 2.45) is 0 Å². The molecule has 0 spiro atoms. The van der Waals surface area contributed by atoms with Gasteiger partial charge in [0.1, 0.15) is 0 Å². The lowest BCUT2D eigenvalue weighted by Crippen LogP contribution is -2.12. The molecule has 0 atom stereocenters. The molecule has 3 aromatic rings.